The van der Waals surface area contributed by atoms with Gasteiger partial charge >= 0.3 is 0 Å². The van der Waals surface area contributed by atoms with E-state index in [9.17, 15) is 0 Å². The van der Waals surface area contributed by atoms with Crippen molar-refractivity contribution >= 4 is 0 Å². The van der Waals surface area contributed by atoms with Crippen LogP contribution in [0.4, 0.5) is 0 Å². The first kappa shape index (κ1) is 11.4. The quantitative estimate of drug-likeness (QED) is 0.821. The minimum absolute atomic E-state index is 0.320. The zero-order valence-electron chi connectivity index (χ0n) is 10.5. The first-order chi connectivity index (χ1) is 8.73. The Bertz CT molecular complexity index is 555. The van der Waals surface area contributed by atoms with Crippen LogP contribution >= 0.6 is 0 Å². The molecule has 0 saturated carbocycles. The zero-order chi connectivity index (χ0) is 12.6. The number of rotatable bonds is 3. The van der Waals surface area contributed by atoms with Crippen LogP contribution in [0.5, 0.6) is 0 Å². The summed E-state index contributed by atoms with van der Waals surface area (Å²) in [7, 11) is 1.71. The van der Waals surface area contributed by atoms with Gasteiger partial charge in [0.2, 0.25) is 0 Å². The van der Waals surface area contributed by atoms with Crippen LogP contribution < -0.4 is 0 Å². The van der Waals surface area contributed by atoms with Gasteiger partial charge in [-0.25, -0.2) is 9.67 Å². The van der Waals surface area contributed by atoms with Crippen molar-refractivity contribution < 1.29 is 9.47 Å². The van der Waals surface area contributed by atoms with Gasteiger partial charge in [-0.15, -0.1) is 0 Å². The third-order valence-electron chi connectivity index (χ3n) is 3.28. The summed E-state index contributed by atoms with van der Waals surface area (Å²) < 4.78 is 12.6. The number of aromatic nitrogens is 3. The van der Waals surface area contributed by atoms with E-state index in [1.807, 2.05) is 31.5 Å². The highest BCUT2D eigenvalue weighted by atomic mass is 16.6. The van der Waals surface area contributed by atoms with Crippen molar-refractivity contribution in [1.82, 2.24) is 14.8 Å². The molecule has 0 N–H and O–H groups in total. The van der Waals surface area contributed by atoms with Crippen LogP contribution in [-0.4, -0.2) is 35.1 Å². The summed E-state index contributed by atoms with van der Waals surface area (Å²) in [4.78, 5) is 4.33. The summed E-state index contributed by atoms with van der Waals surface area (Å²) in [5, 5.41) is 4.26. The van der Waals surface area contributed by atoms with Crippen molar-refractivity contribution in [3.63, 3.8) is 0 Å². The second-order valence-corrected chi connectivity index (χ2v) is 4.56. The molecular formula is C13H15N3O2. The molecule has 5 nitrogen and oxygen atoms in total. The normalized spacial score (nSPS) is 17.4. The van der Waals surface area contributed by atoms with Crippen molar-refractivity contribution in [2.75, 3.05) is 20.3 Å². The van der Waals surface area contributed by atoms with Crippen molar-refractivity contribution in [2.45, 2.75) is 12.5 Å². The maximum absolute atomic E-state index is 5.57. The van der Waals surface area contributed by atoms with Crippen molar-refractivity contribution in [3.05, 3.63) is 41.9 Å². The third-order valence-corrected chi connectivity index (χ3v) is 3.28. The summed E-state index contributed by atoms with van der Waals surface area (Å²) in [6.45, 7) is 3.18. The fourth-order valence-corrected chi connectivity index (χ4v) is 2.06. The number of hydrogen-bond donors (Lipinski definition) is 0. The highest BCUT2D eigenvalue weighted by Crippen LogP contribution is 2.33. The molecule has 18 heavy (non-hydrogen) atoms. The van der Waals surface area contributed by atoms with Crippen LogP contribution in [-0.2, 0) is 15.1 Å². The second kappa shape index (κ2) is 4.19. The van der Waals surface area contributed by atoms with Crippen molar-refractivity contribution in [1.29, 1.82) is 0 Å². The van der Waals surface area contributed by atoms with E-state index in [2.05, 4.69) is 10.1 Å². The lowest BCUT2D eigenvalue weighted by atomic mass is 9.92. The molecule has 0 amide bonds. The van der Waals surface area contributed by atoms with Gasteiger partial charge in [0.05, 0.1) is 19.4 Å². The number of hydrogen-bond acceptors (Lipinski definition) is 4. The predicted molar refractivity (Wildman–Crippen MR) is 65.6 cm³/mol. The van der Waals surface area contributed by atoms with Crippen molar-refractivity contribution in [2.24, 2.45) is 0 Å². The molecule has 1 aliphatic rings. The lowest BCUT2D eigenvalue weighted by molar-refractivity contribution is -0.202. The van der Waals surface area contributed by atoms with Gasteiger partial charge in [0.1, 0.15) is 5.60 Å². The van der Waals surface area contributed by atoms with E-state index in [1.54, 1.807) is 18.0 Å². The Kier molecular flexibility index (Phi) is 2.65. The van der Waals surface area contributed by atoms with E-state index in [4.69, 9.17) is 9.47 Å². The van der Waals surface area contributed by atoms with E-state index in [1.165, 1.54) is 0 Å². The molecule has 3 heterocycles. The summed E-state index contributed by atoms with van der Waals surface area (Å²) in [6, 6.07) is 3.96. The fraction of sp³-hybridized carbons (Fsp3) is 0.385. The average molecular weight is 245 g/mol. The van der Waals surface area contributed by atoms with Gasteiger partial charge in [-0.3, -0.25) is 0 Å². The van der Waals surface area contributed by atoms with E-state index in [0.29, 0.717) is 13.2 Å². The number of ether oxygens (including phenoxy) is 2. The molecule has 94 valence electrons. The third kappa shape index (κ3) is 1.72. The summed E-state index contributed by atoms with van der Waals surface area (Å²) in [6.07, 6.45) is 5.54. The number of methoxy groups -OCH3 is 1. The van der Waals surface area contributed by atoms with E-state index >= 15 is 0 Å². The van der Waals surface area contributed by atoms with Gasteiger partial charge in [-0.2, -0.15) is 5.10 Å². The summed E-state index contributed by atoms with van der Waals surface area (Å²) >= 11 is 0. The van der Waals surface area contributed by atoms with Crippen LogP contribution in [0, 0.1) is 6.92 Å². The lowest BCUT2D eigenvalue weighted by Gasteiger charge is -2.40. The Morgan fingerprint density at radius 2 is 2.28 bits per heavy atom. The van der Waals surface area contributed by atoms with Crippen LogP contribution in [0.1, 0.15) is 11.1 Å². The van der Waals surface area contributed by atoms with E-state index in [-0.39, 0.29) is 5.60 Å². The van der Waals surface area contributed by atoms with E-state index in [0.717, 1.165) is 16.9 Å². The molecule has 2 aromatic heterocycles. The predicted octanol–water partition coefficient (Wildman–Crippen LogP) is 1.45. The molecule has 2 aromatic rings. The monoisotopic (exact) mass is 245 g/mol. The maximum Gasteiger partial charge on any atom is 0.153 e. The minimum atomic E-state index is -0.320. The Hall–Kier alpha value is -1.72. The number of nitrogens with zero attached hydrogens (tertiary/aromatic N) is 3. The maximum atomic E-state index is 5.57. The molecule has 0 unspecified atom stereocenters. The highest BCUT2D eigenvalue weighted by Gasteiger charge is 2.40. The minimum Gasteiger partial charge on any atom is -0.375 e. The molecule has 0 spiro atoms. The molecule has 3 rings (SSSR count). The Balaban J connectivity index is 1.99. The Labute approximate surface area is 105 Å². The van der Waals surface area contributed by atoms with Crippen LogP contribution in [0.25, 0.3) is 5.82 Å². The van der Waals surface area contributed by atoms with Crippen LogP contribution in [0.15, 0.2) is 30.7 Å². The highest BCUT2D eigenvalue weighted by molar-refractivity contribution is 5.33. The van der Waals surface area contributed by atoms with Gasteiger partial charge in [0.25, 0.3) is 0 Å². The first-order valence-electron chi connectivity index (χ1n) is 5.85. The molecule has 1 fully saturated rings. The molecule has 5 heteroatoms. The molecule has 0 aliphatic carbocycles. The van der Waals surface area contributed by atoms with Gasteiger partial charge < -0.3 is 9.47 Å². The Morgan fingerprint density at radius 3 is 2.83 bits per heavy atom. The molecule has 0 radical (unpaired) electrons. The molecule has 0 atom stereocenters. The molecular weight excluding hydrogens is 230 g/mol. The summed E-state index contributed by atoms with van der Waals surface area (Å²) in [5.41, 5.74) is 1.87. The molecule has 1 saturated heterocycles. The summed E-state index contributed by atoms with van der Waals surface area (Å²) in [5.74, 6) is 0.795. The lowest BCUT2D eigenvalue weighted by Crippen LogP contribution is -2.48. The topological polar surface area (TPSA) is 49.2 Å². The number of pyridine rings is 1. The van der Waals surface area contributed by atoms with Gasteiger partial charge in [0.15, 0.2) is 5.82 Å². The van der Waals surface area contributed by atoms with E-state index < -0.39 is 0 Å². The first-order valence-corrected chi connectivity index (χ1v) is 5.85. The molecule has 1 aliphatic heterocycles. The van der Waals surface area contributed by atoms with Gasteiger partial charge in [-0.05, 0) is 30.2 Å². The zero-order valence-corrected chi connectivity index (χ0v) is 10.5. The Morgan fingerprint density at radius 1 is 1.44 bits per heavy atom. The van der Waals surface area contributed by atoms with Gasteiger partial charge in [0, 0.05) is 19.5 Å². The molecule has 0 bridgehead atoms. The van der Waals surface area contributed by atoms with Crippen molar-refractivity contribution in [3.8, 4) is 5.82 Å². The fourth-order valence-electron chi connectivity index (χ4n) is 2.06. The average Bonchev–Trinajstić information content (AvgIpc) is 2.76. The smallest absolute Gasteiger partial charge is 0.153 e. The van der Waals surface area contributed by atoms with Crippen LogP contribution in [0.2, 0.25) is 0 Å². The SMILES string of the molecule is COC1(c2ccnc(-n3cc(C)cn3)c2)COC1. The second-order valence-electron chi connectivity index (χ2n) is 4.56. The van der Waals surface area contributed by atoms with Gasteiger partial charge in [-0.1, -0.05) is 0 Å². The standard InChI is InChI=1S/C13H15N3O2/c1-10-6-15-16(7-10)12-5-11(3-4-14-12)13(17-2)8-18-9-13/h3-7H,8-9H2,1-2H3. The van der Waals surface area contributed by atoms with Crippen LogP contribution in [0.3, 0.4) is 0 Å². The number of aryl methyl sites for hydroxylation is 1. The molecule has 0 aromatic carbocycles. The largest absolute Gasteiger partial charge is 0.375 e.